The Morgan fingerprint density at radius 3 is 2.37 bits per heavy atom. The molecule has 1 aliphatic carbocycles. The Morgan fingerprint density at radius 1 is 1.04 bits per heavy atom. The van der Waals surface area contributed by atoms with Gasteiger partial charge in [-0.3, -0.25) is 4.74 Å². The highest BCUT2D eigenvalue weighted by molar-refractivity contribution is 5.75. The van der Waals surface area contributed by atoms with Gasteiger partial charge in [-0.2, -0.15) is 0 Å². The van der Waals surface area contributed by atoms with E-state index in [9.17, 15) is 17.6 Å². The Kier molecular flexibility index (Phi) is 8.05. The molecule has 0 aliphatic heterocycles. The van der Waals surface area contributed by atoms with Crippen molar-refractivity contribution >= 4 is 5.57 Å². The van der Waals surface area contributed by atoms with Crippen molar-refractivity contribution in [1.82, 2.24) is 0 Å². The van der Waals surface area contributed by atoms with Crippen molar-refractivity contribution < 1.29 is 27.0 Å². The van der Waals surface area contributed by atoms with Gasteiger partial charge in [0.05, 0.1) is 6.61 Å². The number of hydrogen-bond acceptors (Lipinski definition) is 2. The summed E-state index contributed by atoms with van der Waals surface area (Å²) in [4.78, 5) is 0. The third kappa shape index (κ3) is 7.11. The molecule has 0 saturated carbocycles. The predicted molar refractivity (Wildman–Crippen MR) is 97.3 cm³/mol. The molecule has 27 heavy (non-hydrogen) atoms. The summed E-state index contributed by atoms with van der Waals surface area (Å²) >= 11 is 0. The fourth-order valence-electron chi connectivity index (χ4n) is 3.04. The largest absolute Gasteiger partial charge is 0.525 e. The number of allylic oxidation sites excluding steroid dienone is 2. The Hall–Kier alpha value is -1.66. The van der Waals surface area contributed by atoms with Crippen LogP contribution in [0.3, 0.4) is 0 Å². The molecule has 6 heteroatoms. The molecular weight excluding hydrogens is 360 g/mol. The van der Waals surface area contributed by atoms with E-state index >= 15 is 0 Å². The molecular formula is C21H26F4O2. The minimum atomic E-state index is -4.82. The highest BCUT2D eigenvalue weighted by Gasteiger charge is 2.43. The highest BCUT2D eigenvalue weighted by Crippen LogP contribution is 2.36. The van der Waals surface area contributed by atoms with E-state index in [0.29, 0.717) is 17.6 Å². The van der Waals surface area contributed by atoms with Crippen LogP contribution in [0.15, 0.2) is 42.5 Å². The van der Waals surface area contributed by atoms with Crippen LogP contribution in [0.5, 0.6) is 0 Å². The van der Waals surface area contributed by atoms with E-state index in [0.717, 1.165) is 32.1 Å². The Morgan fingerprint density at radius 2 is 1.74 bits per heavy atom. The van der Waals surface area contributed by atoms with Gasteiger partial charge in [-0.15, -0.1) is 13.2 Å². The summed E-state index contributed by atoms with van der Waals surface area (Å²) in [6.07, 6.45) is 5.26. The predicted octanol–water partition coefficient (Wildman–Crippen LogP) is 6.78. The topological polar surface area (TPSA) is 18.5 Å². The van der Waals surface area contributed by atoms with Crippen LogP contribution >= 0.6 is 0 Å². The second-order valence-electron chi connectivity index (χ2n) is 6.65. The highest BCUT2D eigenvalue weighted by atomic mass is 19.4. The molecule has 2 rings (SSSR count). The van der Waals surface area contributed by atoms with Gasteiger partial charge in [0, 0.05) is 12.0 Å². The molecule has 0 amide bonds. The molecule has 0 fully saturated rings. The molecule has 1 aliphatic rings. The Bertz CT molecular complexity index is 652. The zero-order valence-electron chi connectivity index (χ0n) is 15.5. The first-order valence-corrected chi connectivity index (χ1v) is 9.40. The van der Waals surface area contributed by atoms with Crippen molar-refractivity contribution in [2.75, 3.05) is 6.61 Å². The molecule has 0 bridgehead atoms. The van der Waals surface area contributed by atoms with Crippen molar-refractivity contribution in [3.63, 3.8) is 0 Å². The number of benzene rings is 1. The summed E-state index contributed by atoms with van der Waals surface area (Å²) in [5.74, 6) is -2.32. The van der Waals surface area contributed by atoms with Gasteiger partial charge in [0.1, 0.15) is 5.82 Å². The first kappa shape index (κ1) is 21.6. The van der Waals surface area contributed by atoms with Crippen LogP contribution in [-0.4, -0.2) is 18.8 Å². The summed E-state index contributed by atoms with van der Waals surface area (Å²) in [6.45, 7) is 2.30. The summed E-state index contributed by atoms with van der Waals surface area (Å²) in [6, 6.07) is 6.14. The van der Waals surface area contributed by atoms with Crippen LogP contribution in [0.2, 0.25) is 0 Å². The van der Waals surface area contributed by atoms with Gasteiger partial charge in [0.15, 0.2) is 0 Å². The number of alkyl halides is 3. The van der Waals surface area contributed by atoms with E-state index in [4.69, 9.17) is 4.74 Å². The molecule has 0 saturated heterocycles. The lowest BCUT2D eigenvalue weighted by Gasteiger charge is -2.33. The lowest BCUT2D eigenvalue weighted by molar-refractivity contribution is -0.403. The number of rotatable bonds is 10. The molecule has 0 N–H and O–H groups in total. The SMILES string of the molecule is CCCCCCCCOC1(OC(F)(F)F)C=CC(c2ccccc2F)=CC1. The van der Waals surface area contributed by atoms with Gasteiger partial charge in [-0.25, -0.2) is 4.39 Å². The lowest BCUT2D eigenvalue weighted by Crippen LogP contribution is -2.40. The molecule has 0 heterocycles. The molecule has 0 spiro atoms. The lowest BCUT2D eigenvalue weighted by atomic mass is 9.96. The van der Waals surface area contributed by atoms with Crippen molar-refractivity contribution in [3.8, 4) is 0 Å². The third-order valence-corrected chi connectivity index (χ3v) is 4.44. The van der Waals surface area contributed by atoms with Gasteiger partial charge >= 0.3 is 6.36 Å². The summed E-state index contributed by atoms with van der Waals surface area (Å²) in [5.41, 5.74) is 0.850. The molecule has 2 nitrogen and oxygen atoms in total. The normalized spacial score (nSPS) is 20.0. The molecule has 0 radical (unpaired) electrons. The van der Waals surface area contributed by atoms with Crippen LogP contribution < -0.4 is 0 Å². The maximum absolute atomic E-state index is 13.9. The van der Waals surface area contributed by atoms with Crippen molar-refractivity contribution in [1.29, 1.82) is 0 Å². The maximum atomic E-state index is 13.9. The van der Waals surface area contributed by atoms with Crippen LogP contribution in [0.25, 0.3) is 5.57 Å². The van der Waals surface area contributed by atoms with E-state index < -0.39 is 18.0 Å². The van der Waals surface area contributed by atoms with Crippen LogP contribution in [0.4, 0.5) is 17.6 Å². The molecule has 1 aromatic rings. The molecule has 1 unspecified atom stereocenters. The van der Waals surface area contributed by atoms with E-state index in [2.05, 4.69) is 11.7 Å². The molecule has 1 atom stereocenters. The fourth-order valence-corrected chi connectivity index (χ4v) is 3.04. The van der Waals surface area contributed by atoms with E-state index in [-0.39, 0.29) is 13.0 Å². The smallest absolute Gasteiger partial charge is 0.346 e. The van der Waals surface area contributed by atoms with Crippen LogP contribution in [0, 0.1) is 5.82 Å². The first-order chi connectivity index (χ1) is 12.9. The van der Waals surface area contributed by atoms with E-state index in [1.54, 1.807) is 18.2 Å². The van der Waals surface area contributed by atoms with Crippen molar-refractivity contribution in [2.45, 2.75) is 64.0 Å². The minimum absolute atomic E-state index is 0.136. The zero-order chi connectivity index (χ0) is 19.8. The van der Waals surface area contributed by atoms with Crippen molar-refractivity contribution in [3.05, 3.63) is 53.9 Å². The Balaban J connectivity index is 1.98. The second kappa shape index (κ2) is 10.0. The maximum Gasteiger partial charge on any atom is 0.525 e. The van der Waals surface area contributed by atoms with Gasteiger partial charge in [-0.1, -0.05) is 69.4 Å². The standard InChI is InChI=1S/C21H26F4O2/c1-2-3-4-5-6-9-16-26-20(27-21(23,24)25)14-12-17(13-15-20)18-10-7-8-11-19(18)22/h7-8,10-14H,2-6,9,15-16H2,1H3. The van der Waals surface area contributed by atoms with E-state index in [1.165, 1.54) is 24.3 Å². The average molecular weight is 386 g/mol. The number of unbranched alkanes of at least 4 members (excludes halogenated alkanes) is 5. The third-order valence-electron chi connectivity index (χ3n) is 4.44. The summed E-state index contributed by atoms with van der Waals surface area (Å²) in [5, 5.41) is 0. The summed E-state index contributed by atoms with van der Waals surface area (Å²) in [7, 11) is 0. The summed E-state index contributed by atoms with van der Waals surface area (Å²) < 4.78 is 62.3. The quantitative estimate of drug-likeness (QED) is 0.251. The number of hydrogen-bond donors (Lipinski definition) is 0. The zero-order valence-corrected chi connectivity index (χ0v) is 15.5. The number of ether oxygens (including phenoxy) is 2. The molecule has 1 aromatic carbocycles. The van der Waals surface area contributed by atoms with Crippen LogP contribution in [-0.2, 0) is 9.47 Å². The molecule has 0 aromatic heterocycles. The molecule has 150 valence electrons. The van der Waals surface area contributed by atoms with Gasteiger partial charge in [-0.05, 0) is 24.1 Å². The first-order valence-electron chi connectivity index (χ1n) is 9.40. The minimum Gasteiger partial charge on any atom is -0.346 e. The van der Waals surface area contributed by atoms with Gasteiger partial charge in [0.25, 0.3) is 0 Å². The van der Waals surface area contributed by atoms with Crippen LogP contribution in [0.1, 0.15) is 57.4 Å². The van der Waals surface area contributed by atoms with Gasteiger partial charge < -0.3 is 4.74 Å². The van der Waals surface area contributed by atoms with E-state index in [1.807, 2.05) is 0 Å². The Labute approximate surface area is 157 Å². The average Bonchev–Trinajstić information content (AvgIpc) is 2.61. The van der Waals surface area contributed by atoms with Gasteiger partial charge in [0.2, 0.25) is 5.79 Å². The van der Waals surface area contributed by atoms with Crippen molar-refractivity contribution in [2.24, 2.45) is 0 Å². The fraction of sp³-hybridized carbons (Fsp3) is 0.524. The monoisotopic (exact) mass is 386 g/mol. The number of halogens is 4. The second-order valence-corrected chi connectivity index (χ2v) is 6.65.